The lowest BCUT2D eigenvalue weighted by Gasteiger charge is -2.34. The highest BCUT2D eigenvalue weighted by molar-refractivity contribution is 7.09. The third kappa shape index (κ3) is 4.55. The lowest BCUT2D eigenvalue weighted by atomic mass is 9.90. The molecule has 1 saturated heterocycles. The smallest absolute Gasteiger partial charge is 0.254 e. The molecule has 0 atom stereocenters. The summed E-state index contributed by atoms with van der Waals surface area (Å²) in [5.74, 6) is 1.50. The number of hydrogen-bond donors (Lipinski definition) is 0. The number of hydrogen-bond acceptors (Lipinski definition) is 5. The van der Waals surface area contributed by atoms with Crippen LogP contribution in [0.5, 0.6) is 5.75 Å². The van der Waals surface area contributed by atoms with Gasteiger partial charge in [0.05, 0.1) is 17.8 Å². The normalized spacial score (nSPS) is 19.0. The highest BCUT2D eigenvalue weighted by Crippen LogP contribution is 2.34. The van der Waals surface area contributed by atoms with E-state index in [1.165, 1.54) is 42.8 Å². The van der Waals surface area contributed by atoms with E-state index in [9.17, 15) is 4.79 Å². The molecule has 2 fully saturated rings. The van der Waals surface area contributed by atoms with E-state index in [1.807, 2.05) is 40.5 Å². The second-order valence-corrected chi connectivity index (χ2v) is 8.70. The van der Waals surface area contributed by atoms with Gasteiger partial charge in [-0.25, -0.2) is 4.98 Å². The number of aromatic nitrogens is 1. The third-order valence-electron chi connectivity index (χ3n) is 5.89. The van der Waals surface area contributed by atoms with Crippen LogP contribution in [-0.4, -0.2) is 54.0 Å². The molecule has 4 rings (SSSR count). The predicted octanol–water partition coefficient (Wildman–Crippen LogP) is 4.16. The summed E-state index contributed by atoms with van der Waals surface area (Å²) in [5.41, 5.74) is 1.89. The van der Waals surface area contributed by atoms with Gasteiger partial charge in [0.2, 0.25) is 0 Å². The Balaban J connectivity index is 1.29. The van der Waals surface area contributed by atoms with Crippen molar-refractivity contribution < 1.29 is 9.53 Å². The summed E-state index contributed by atoms with van der Waals surface area (Å²) in [6.45, 7) is 4.20. The number of benzene rings is 1. The Kier molecular flexibility index (Phi) is 6.27. The molecule has 1 aliphatic heterocycles. The molecular weight excluding hydrogens is 370 g/mol. The van der Waals surface area contributed by atoms with Crippen LogP contribution in [0.15, 0.2) is 29.6 Å². The minimum absolute atomic E-state index is 0.0896. The third-order valence-corrected chi connectivity index (χ3v) is 6.94. The van der Waals surface area contributed by atoms with Crippen LogP contribution in [0.1, 0.15) is 59.1 Å². The Morgan fingerprint density at radius 2 is 1.96 bits per heavy atom. The van der Waals surface area contributed by atoms with Crippen LogP contribution in [0.2, 0.25) is 0 Å². The first-order valence-corrected chi connectivity index (χ1v) is 11.2. The Bertz CT molecular complexity index is 793. The number of carbonyl (C=O) groups is 1. The van der Waals surface area contributed by atoms with E-state index in [0.29, 0.717) is 11.5 Å². The van der Waals surface area contributed by atoms with Gasteiger partial charge in [-0.15, -0.1) is 11.3 Å². The van der Waals surface area contributed by atoms with Gasteiger partial charge in [0.15, 0.2) is 0 Å². The maximum atomic E-state index is 12.8. The summed E-state index contributed by atoms with van der Waals surface area (Å²) in [5, 5.41) is 3.57. The van der Waals surface area contributed by atoms with Crippen molar-refractivity contribution in [2.24, 2.45) is 0 Å². The summed E-state index contributed by atoms with van der Waals surface area (Å²) < 4.78 is 5.24. The van der Waals surface area contributed by atoms with Crippen LogP contribution >= 0.6 is 11.3 Å². The van der Waals surface area contributed by atoms with Crippen molar-refractivity contribution in [1.29, 1.82) is 0 Å². The average Bonchev–Trinajstić information content (AvgIpc) is 3.23. The fourth-order valence-electron chi connectivity index (χ4n) is 4.21. The molecule has 0 bridgehead atoms. The molecule has 28 heavy (non-hydrogen) atoms. The minimum Gasteiger partial charge on any atom is -0.497 e. The Hall–Kier alpha value is -1.92. The number of ether oxygens (including phenoxy) is 1. The zero-order valence-corrected chi connectivity index (χ0v) is 17.4. The number of thiazole rings is 1. The number of carbonyl (C=O) groups excluding carboxylic acids is 1. The molecule has 1 amide bonds. The summed E-state index contributed by atoms with van der Waals surface area (Å²) in [7, 11) is 1.63. The molecule has 0 radical (unpaired) electrons. The van der Waals surface area contributed by atoms with Crippen molar-refractivity contribution in [3.8, 4) is 5.75 Å². The van der Waals surface area contributed by atoms with Gasteiger partial charge in [0.25, 0.3) is 5.91 Å². The SMILES string of the molecule is COc1cccc(C(=O)N2CCN(Cc3csc(C4CCCCC4)n3)CC2)c1. The van der Waals surface area contributed by atoms with Crippen molar-refractivity contribution >= 4 is 17.2 Å². The van der Waals surface area contributed by atoms with Crippen LogP contribution in [0.3, 0.4) is 0 Å². The molecule has 6 heteroatoms. The van der Waals surface area contributed by atoms with Crippen molar-refractivity contribution in [2.45, 2.75) is 44.6 Å². The summed E-state index contributed by atoms with van der Waals surface area (Å²) >= 11 is 1.84. The first-order valence-electron chi connectivity index (χ1n) is 10.3. The maximum absolute atomic E-state index is 12.8. The van der Waals surface area contributed by atoms with E-state index >= 15 is 0 Å². The highest BCUT2D eigenvalue weighted by atomic mass is 32.1. The van der Waals surface area contributed by atoms with E-state index in [2.05, 4.69) is 10.3 Å². The molecule has 2 heterocycles. The molecule has 1 aromatic carbocycles. The fraction of sp³-hybridized carbons (Fsp3) is 0.545. The van der Waals surface area contributed by atoms with Crippen molar-refractivity contribution in [2.75, 3.05) is 33.3 Å². The molecule has 2 aliphatic rings. The Morgan fingerprint density at radius 3 is 2.71 bits per heavy atom. The second kappa shape index (κ2) is 9.05. The molecule has 0 N–H and O–H groups in total. The summed E-state index contributed by atoms with van der Waals surface area (Å²) in [6.07, 6.45) is 6.69. The molecule has 1 aliphatic carbocycles. The van der Waals surface area contributed by atoms with Gasteiger partial charge < -0.3 is 9.64 Å². The Morgan fingerprint density at radius 1 is 1.18 bits per heavy atom. The zero-order chi connectivity index (χ0) is 19.3. The summed E-state index contributed by atoms with van der Waals surface area (Å²) in [6, 6.07) is 7.41. The van der Waals surface area contributed by atoms with Crippen LogP contribution in [0, 0.1) is 0 Å². The fourth-order valence-corrected chi connectivity index (χ4v) is 5.19. The van der Waals surface area contributed by atoms with Crippen LogP contribution in [0.25, 0.3) is 0 Å². The lowest BCUT2D eigenvalue weighted by Crippen LogP contribution is -2.48. The zero-order valence-electron chi connectivity index (χ0n) is 16.6. The van der Waals surface area contributed by atoms with E-state index in [1.54, 1.807) is 7.11 Å². The molecule has 2 aromatic rings. The Labute approximate surface area is 171 Å². The second-order valence-electron chi connectivity index (χ2n) is 7.81. The molecule has 0 unspecified atom stereocenters. The monoisotopic (exact) mass is 399 g/mol. The van der Waals surface area contributed by atoms with E-state index in [0.717, 1.165) is 38.5 Å². The molecule has 150 valence electrons. The van der Waals surface area contributed by atoms with Gasteiger partial charge in [-0.05, 0) is 31.0 Å². The van der Waals surface area contributed by atoms with Gasteiger partial charge in [-0.2, -0.15) is 0 Å². The highest BCUT2D eigenvalue weighted by Gasteiger charge is 2.24. The van der Waals surface area contributed by atoms with Crippen LogP contribution in [-0.2, 0) is 6.54 Å². The van der Waals surface area contributed by atoms with Crippen LogP contribution in [0.4, 0.5) is 0 Å². The molecule has 5 nitrogen and oxygen atoms in total. The van der Waals surface area contributed by atoms with E-state index < -0.39 is 0 Å². The predicted molar refractivity (Wildman–Crippen MR) is 112 cm³/mol. The number of nitrogens with zero attached hydrogens (tertiary/aromatic N) is 3. The van der Waals surface area contributed by atoms with Crippen molar-refractivity contribution in [3.05, 3.63) is 45.9 Å². The van der Waals surface area contributed by atoms with Gasteiger partial charge in [0.1, 0.15) is 5.75 Å². The number of methoxy groups -OCH3 is 1. The first kappa shape index (κ1) is 19.4. The van der Waals surface area contributed by atoms with Crippen molar-refractivity contribution in [3.63, 3.8) is 0 Å². The first-order chi connectivity index (χ1) is 13.7. The van der Waals surface area contributed by atoms with Gasteiger partial charge in [0, 0.05) is 49.6 Å². The lowest BCUT2D eigenvalue weighted by molar-refractivity contribution is 0.0627. The standard InChI is InChI=1S/C22H29N3O2S/c1-27-20-9-5-8-18(14-20)22(26)25-12-10-24(11-13-25)15-19-16-28-21(23-19)17-6-3-2-4-7-17/h5,8-9,14,16-17H,2-4,6-7,10-13,15H2,1H3. The van der Waals surface area contributed by atoms with Gasteiger partial charge in [-0.1, -0.05) is 25.3 Å². The molecule has 1 aromatic heterocycles. The van der Waals surface area contributed by atoms with Gasteiger partial charge >= 0.3 is 0 Å². The van der Waals surface area contributed by atoms with E-state index in [4.69, 9.17) is 9.72 Å². The van der Waals surface area contributed by atoms with Crippen LogP contribution < -0.4 is 4.74 Å². The maximum Gasteiger partial charge on any atom is 0.254 e. The largest absolute Gasteiger partial charge is 0.497 e. The molecule has 1 saturated carbocycles. The number of amides is 1. The quantitative estimate of drug-likeness (QED) is 0.757. The topological polar surface area (TPSA) is 45.7 Å². The van der Waals surface area contributed by atoms with Crippen molar-refractivity contribution in [1.82, 2.24) is 14.8 Å². The van der Waals surface area contributed by atoms with Gasteiger partial charge in [-0.3, -0.25) is 9.69 Å². The molecular formula is C22H29N3O2S. The number of rotatable bonds is 5. The van der Waals surface area contributed by atoms with E-state index in [-0.39, 0.29) is 5.91 Å². The summed E-state index contributed by atoms with van der Waals surface area (Å²) in [4.78, 5) is 22.0. The average molecular weight is 400 g/mol. The number of piperazine rings is 1. The minimum atomic E-state index is 0.0896. The molecule has 0 spiro atoms.